The van der Waals surface area contributed by atoms with Crippen LogP contribution < -0.4 is 5.73 Å². The number of benzene rings is 1. The standard InChI is InChI=1S/C13H15N3/c1-8-11(4-6-14)9(2)13(16)10(3)12(8)5-7-15/h4-5,16H2,1-3H3. The average molecular weight is 213 g/mol. The second-order valence-electron chi connectivity index (χ2n) is 3.92. The molecule has 0 radical (unpaired) electrons. The van der Waals surface area contributed by atoms with E-state index in [1.54, 1.807) is 0 Å². The predicted octanol–water partition coefficient (Wildman–Crippen LogP) is 2.33. The minimum absolute atomic E-state index is 0.348. The van der Waals surface area contributed by atoms with Crippen LogP contribution in [-0.2, 0) is 12.8 Å². The molecule has 2 N–H and O–H groups in total. The van der Waals surface area contributed by atoms with Crippen LogP contribution in [0.5, 0.6) is 0 Å². The number of nitrogens with two attached hydrogens (primary N) is 1. The van der Waals surface area contributed by atoms with Crippen LogP contribution in [-0.4, -0.2) is 0 Å². The lowest BCUT2D eigenvalue weighted by Crippen LogP contribution is -2.06. The molecule has 3 nitrogen and oxygen atoms in total. The minimum Gasteiger partial charge on any atom is -0.398 e. The van der Waals surface area contributed by atoms with Gasteiger partial charge in [-0.3, -0.25) is 0 Å². The van der Waals surface area contributed by atoms with Crippen LogP contribution in [0.1, 0.15) is 27.8 Å². The third kappa shape index (κ3) is 1.85. The lowest BCUT2D eigenvalue weighted by Gasteiger charge is -2.17. The monoisotopic (exact) mass is 213 g/mol. The van der Waals surface area contributed by atoms with Crippen molar-refractivity contribution >= 4 is 5.69 Å². The summed E-state index contributed by atoms with van der Waals surface area (Å²) in [5.74, 6) is 0. The van der Waals surface area contributed by atoms with Crippen molar-refractivity contribution < 1.29 is 0 Å². The highest BCUT2D eigenvalue weighted by atomic mass is 14.6. The van der Waals surface area contributed by atoms with Crippen molar-refractivity contribution in [3.8, 4) is 12.1 Å². The Labute approximate surface area is 96.1 Å². The molecule has 0 aliphatic rings. The van der Waals surface area contributed by atoms with Gasteiger partial charge in [0.25, 0.3) is 0 Å². The summed E-state index contributed by atoms with van der Waals surface area (Å²) >= 11 is 0. The van der Waals surface area contributed by atoms with Gasteiger partial charge in [0.1, 0.15) is 0 Å². The summed E-state index contributed by atoms with van der Waals surface area (Å²) < 4.78 is 0. The highest BCUT2D eigenvalue weighted by Gasteiger charge is 2.14. The maximum absolute atomic E-state index is 8.79. The second-order valence-corrected chi connectivity index (χ2v) is 3.92. The molecule has 1 rings (SSSR count). The van der Waals surface area contributed by atoms with Crippen LogP contribution in [0.2, 0.25) is 0 Å². The lowest BCUT2D eigenvalue weighted by atomic mass is 9.89. The van der Waals surface area contributed by atoms with E-state index in [0.717, 1.165) is 27.8 Å². The number of hydrogen-bond acceptors (Lipinski definition) is 3. The average Bonchev–Trinajstić information content (AvgIpc) is 2.28. The Morgan fingerprint density at radius 3 is 1.56 bits per heavy atom. The highest BCUT2D eigenvalue weighted by Crippen LogP contribution is 2.29. The first-order chi connectivity index (χ1) is 7.54. The van der Waals surface area contributed by atoms with Crippen LogP contribution in [0.3, 0.4) is 0 Å². The molecule has 16 heavy (non-hydrogen) atoms. The third-order valence-electron chi connectivity index (χ3n) is 3.13. The molecule has 0 aromatic heterocycles. The van der Waals surface area contributed by atoms with Crippen molar-refractivity contribution in [2.45, 2.75) is 33.6 Å². The van der Waals surface area contributed by atoms with Gasteiger partial charge in [-0.25, -0.2) is 0 Å². The topological polar surface area (TPSA) is 73.6 Å². The summed E-state index contributed by atoms with van der Waals surface area (Å²) in [6.07, 6.45) is 0.696. The van der Waals surface area contributed by atoms with Crippen molar-refractivity contribution in [3.63, 3.8) is 0 Å². The molecule has 82 valence electrons. The zero-order valence-electron chi connectivity index (χ0n) is 9.89. The fourth-order valence-corrected chi connectivity index (χ4v) is 2.04. The number of nitrogen functional groups attached to an aromatic ring is 1. The molecule has 0 amide bonds. The number of anilines is 1. The fourth-order valence-electron chi connectivity index (χ4n) is 2.04. The summed E-state index contributed by atoms with van der Waals surface area (Å²) in [5, 5.41) is 17.6. The molecule has 0 heterocycles. The minimum atomic E-state index is 0.348. The smallest absolute Gasteiger partial charge is 0.0669 e. The molecule has 0 atom stereocenters. The van der Waals surface area contributed by atoms with Gasteiger partial charge in [-0.2, -0.15) is 10.5 Å². The second kappa shape index (κ2) is 4.68. The largest absolute Gasteiger partial charge is 0.398 e. The van der Waals surface area contributed by atoms with Gasteiger partial charge in [-0.05, 0) is 48.6 Å². The van der Waals surface area contributed by atoms with Gasteiger partial charge < -0.3 is 5.73 Å². The van der Waals surface area contributed by atoms with Crippen molar-refractivity contribution in [2.24, 2.45) is 0 Å². The van der Waals surface area contributed by atoms with Gasteiger partial charge >= 0.3 is 0 Å². The molecule has 0 aliphatic heterocycles. The number of hydrogen-bond donors (Lipinski definition) is 1. The van der Waals surface area contributed by atoms with Crippen LogP contribution >= 0.6 is 0 Å². The third-order valence-corrected chi connectivity index (χ3v) is 3.13. The summed E-state index contributed by atoms with van der Waals surface area (Å²) in [6.45, 7) is 5.81. The molecule has 0 saturated heterocycles. The van der Waals surface area contributed by atoms with Gasteiger partial charge in [-0.15, -0.1) is 0 Å². The Hall–Kier alpha value is -2.00. The van der Waals surface area contributed by atoms with Crippen molar-refractivity contribution in [1.82, 2.24) is 0 Å². The van der Waals surface area contributed by atoms with Crippen molar-refractivity contribution in [3.05, 3.63) is 27.8 Å². The zero-order valence-corrected chi connectivity index (χ0v) is 9.89. The number of nitrogens with zero attached hydrogens (tertiary/aromatic N) is 2. The summed E-state index contributed by atoms with van der Waals surface area (Å²) in [5.41, 5.74) is 11.6. The van der Waals surface area contributed by atoms with E-state index in [1.165, 1.54) is 0 Å². The van der Waals surface area contributed by atoms with Gasteiger partial charge in [0, 0.05) is 5.69 Å². The van der Waals surface area contributed by atoms with Crippen molar-refractivity contribution in [1.29, 1.82) is 10.5 Å². The quantitative estimate of drug-likeness (QED) is 0.766. The van der Waals surface area contributed by atoms with E-state index in [2.05, 4.69) is 12.1 Å². The normalized spacial score (nSPS) is 9.56. The number of nitriles is 2. The lowest BCUT2D eigenvalue weighted by molar-refractivity contribution is 1.09. The first-order valence-electron chi connectivity index (χ1n) is 5.15. The molecule has 0 unspecified atom stereocenters. The van der Waals surface area contributed by atoms with Crippen LogP contribution in [0.25, 0.3) is 0 Å². The first-order valence-corrected chi connectivity index (χ1v) is 5.15. The molecule has 0 spiro atoms. The molecular formula is C13H15N3. The zero-order chi connectivity index (χ0) is 12.3. The molecule has 3 heteroatoms. The Balaban J connectivity index is 3.54. The van der Waals surface area contributed by atoms with Crippen LogP contribution in [0.4, 0.5) is 5.69 Å². The van der Waals surface area contributed by atoms with E-state index < -0.39 is 0 Å². The van der Waals surface area contributed by atoms with Crippen molar-refractivity contribution in [2.75, 3.05) is 5.73 Å². The molecule has 0 fully saturated rings. The van der Waals surface area contributed by atoms with Crippen LogP contribution in [0, 0.1) is 43.4 Å². The highest BCUT2D eigenvalue weighted by molar-refractivity contribution is 5.63. The number of rotatable bonds is 2. The van der Waals surface area contributed by atoms with E-state index in [1.807, 2.05) is 20.8 Å². The Kier molecular flexibility index (Phi) is 3.53. The van der Waals surface area contributed by atoms with Gasteiger partial charge in [0.05, 0.1) is 25.0 Å². The summed E-state index contributed by atoms with van der Waals surface area (Å²) in [7, 11) is 0. The molecular weight excluding hydrogens is 198 g/mol. The van der Waals surface area contributed by atoms with Crippen LogP contribution in [0.15, 0.2) is 0 Å². The Morgan fingerprint density at radius 1 is 0.875 bits per heavy atom. The molecule has 0 aliphatic carbocycles. The predicted molar refractivity (Wildman–Crippen MR) is 63.7 cm³/mol. The molecule has 0 saturated carbocycles. The summed E-state index contributed by atoms with van der Waals surface area (Å²) in [6, 6.07) is 4.29. The maximum atomic E-state index is 8.79. The van der Waals surface area contributed by atoms with E-state index in [4.69, 9.17) is 16.3 Å². The van der Waals surface area contributed by atoms with E-state index >= 15 is 0 Å². The fraction of sp³-hybridized carbons (Fsp3) is 0.385. The van der Waals surface area contributed by atoms with Gasteiger partial charge in [0.15, 0.2) is 0 Å². The van der Waals surface area contributed by atoms with Gasteiger partial charge in [0.2, 0.25) is 0 Å². The maximum Gasteiger partial charge on any atom is 0.0669 e. The van der Waals surface area contributed by atoms with Gasteiger partial charge in [-0.1, -0.05) is 0 Å². The van der Waals surface area contributed by atoms with E-state index in [9.17, 15) is 0 Å². The molecule has 0 bridgehead atoms. The Bertz CT molecular complexity index is 458. The van der Waals surface area contributed by atoms with E-state index in [-0.39, 0.29) is 0 Å². The SMILES string of the molecule is Cc1c(N)c(C)c(CC#N)c(C)c1CC#N. The Morgan fingerprint density at radius 2 is 1.25 bits per heavy atom. The first kappa shape index (κ1) is 12.1. The molecule has 1 aromatic carbocycles. The summed E-state index contributed by atoms with van der Waals surface area (Å²) in [4.78, 5) is 0. The molecule has 1 aromatic rings. The van der Waals surface area contributed by atoms with E-state index in [0.29, 0.717) is 18.5 Å².